The summed E-state index contributed by atoms with van der Waals surface area (Å²) in [5.74, 6) is 1.86. The Morgan fingerprint density at radius 2 is 1.91 bits per heavy atom. The number of tetrazole rings is 1. The smallest absolute Gasteiger partial charge is 0.220 e. The van der Waals surface area contributed by atoms with Gasteiger partial charge in [0.1, 0.15) is 5.75 Å². The van der Waals surface area contributed by atoms with Crippen molar-refractivity contribution in [1.29, 1.82) is 0 Å². The van der Waals surface area contributed by atoms with E-state index in [0.717, 1.165) is 28.0 Å². The molecule has 2 aromatic heterocycles. The SMILES string of the molecule is Cc1ccc(C)c(Oc2ccc(CNC(=O)CCCn3nnc(-c4ccccc4)n3)cn2)c1. The number of nitrogens with zero attached hydrogens (tertiary/aromatic N) is 5. The molecule has 1 amide bonds. The van der Waals surface area contributed by atoms with Gasteiger partial charge < -0.3 is 10.1 Å². The second-order valence-corrected chi connectivity index (χ2v) is 7.83. The van der Waals surface area contributed by atoms with Gasteiger partial charge in [-0.15, -0.1) is 10.2 Å². The van der Waals surface area contributed by atoms with E-state index in [0.29, 0.717) is 37.6 Å². The number of pyridine rings is 1. The minimum Gasteiger partial charge on any atom is -0.439 e. The number of benzene rings is 2. The molecule has 0 spiro atoms. The summed E-state index contributed by atoms with van der Waals surface area (Å²) in [4.78, 5) is 18.1. The zero-order valence-corrected chi connectivity index (χ0v) is 18.7. The van der Waals surface area contributed by atoms with E-state index in [-0.39, 0.29) is 5.91 Å². The molecule has 0 aliphatic rings. The highest BCUT2D eigenvalue weighted by Crippen LogP contribution is 2.24. The highest BCUT2D eigenvalue weighted by Gasteiger charge is 2.07. The van der Waals surface area contributed by atoms with Crippen LogP contribution in [-0.2, 0) is 17.9 Å². The number of aryl methyl sites for hydroxylation is 3. The van der Waals surface area contributed by atoms with Crippen molar-refractivity contribution in [1.82, 2.24) is 30.5 Å². The molecule has 8 heteroatoms. The Hall–Kier alpha value is -4.07. The third-order valence-electron chi connectivity index (χ3n) is 5.09. The van der Waals surface area contributed by atoms with Crippen LogP contribution in [0.1, 0.15) is 29.5 Å². The van der Waals surface area contributed by atoms with Gasteiger partial charge in [0, 0.05) is 30.8 Å². The van der Waals surface area contributed by atoms with Gasteiger partial charge >= 0.3 is 0 Å². The molecule has 1 N–H and O–H groups in total. The largest absolute Gasteiger partial charge is 0.439 e. The molecule has 33 heavy (non-hydrogen) atoms. The van der Waals surface area contributed by atoms with Crippen molar-refractivity contribution >= 4 is 5.91 Å². The summed E-state index contributed by atoms with van der Waals surface area (Å²) in [5.41, 5.74) is 4.00. The number of amides is 1. The zero-order chi connectivity index (χ0) is 23.0. The standard InChI is InChI=1S/C25H26N6O2/c1-18-10-11-19(2)22(15-18)33-24-13-12-20(17-27-24)16-26-23(32)9-6-14-31-29-25(28-30-31)21-7-4-3-5-8-21/h3-5,7-8,10-13,15,17H,6,9,14,16H2,1-2H3,(H,26,32). The minimum absolute atomic E-state index is 0.0332. The maximum Gasteiger partial charge on any atom is 0.220 e. The summed E-state index contributed by atoms with van der Waals surface area (Å²) in [6, 6.07) is 19.4. The molecule has 0 bridgehead atoms. The Morgan fingerprint density at radius 3 is 2.70 bits per heavy atom. The van der Waals surface area contributed by atoms with Gasteiger partial charge in [0.15, 0.2) is 0 Å². The van der Waals surface area contributed by atoms with Crippen LogP contribution < -0.4 is 10.1 Å². The second kappa shape index (κ2) is 10.5. The molecule has 0 unspecified atom stereocenters. The predicted molar refractivity (Wildman–Crippen MR) is 125 cm³/mol. The Balaban J connectivity index is 1.20. The van der Waals surface area contributed by atoms with Gasteiger partial charge in [-0.1, -0.05) is 48.5 Å². The molecule has 2 heterocycles. The number of carbonyl (C=O) groups excluding carboxylic acids is 1. The van der Waals surface area contributed by atoms with E-state index in [1.54, 1.807) is 6.20 Å². The maximum absolute atomic E-state index is 12.2. The van der Waals surface area contributed by atoms with Crippen LogP contribution in [0.3, 0.4) is 0 Å². The van der Waals surface area contributed by atoms with Gasteiger partial charge in [0.25, 0.3) is 0 Å². The van der Waals surface area contributed by atoms with Crippen LogP contribution in [0, 0.1) is 13.8 Å². The first-order chi connectivity index (χ1) is 16.1. The molecule has 4 aromatic rings. The first-order valence-corrected chi connectivity index (χ1v) is 10.9. The molecule has 0 saturated carbocycles. The Bertz CT molecular complexity index is 1210. The summed E-state index contributed by atoms with van der Waals surface area (Å²) < 4.78 is 5.88. The van der Waals surface area contributed by atoms with Crippen molar-refractivity contribution < 1.29 is 9.53 Å². The zero-order valence-electron chi connectivity index (χ0n) is 18.7. The van der Waals surface area contributed by atoms with E-state index in [1.807, 2.05) is 74.5 Å². The van der Waals surface area contributed by atoms with Crippen molar-refractivity contribution in [3.05, 3.63) is 83.6 Å². The Labute approximate surface area is 192 Å². The van der Waals surface area contributed by atoms with E-state index >= 15 is 0 Å². The quantitative estimate of drug-likeness (QED) is 0.417. The van der Waals surface area contributed by atoms with Crippen molar-refractivity contribution in [2.24, 2.45) is 0 Å². The molecule has 8 nitrogen and oxygen atoms in total. The predicted octanol–water partition coefficient (Wildman–Crippen LogP) is 4.24. The molecule has 168 valence electrons. The number of nitrogens with one attached hydrogen (secondary N) is 1. The molecular weight excluding hydrogens is 416 g/mol. The molecule has 0 atom stereocenters. The van der Waals surface area contributed by atoms with E-state index < -0.39 is 0 Å². The number of aromatic nitrogens is 5. The van der Waals surface area contributed by atoms with E-state index in [2.05, 4.69) is 25.7 Å². The van der Waals surface area contributed by atoms with Crippen molar-refractivity contribution in [2.45, 2.75) is 39.8 Å². The van der Waals surface area contributed by atoms with E-state index in [1.165, 1.54) is 4.80 Å². The van der Waals surface area contributed by atoms with Gasteiger partial charge in [0.05, 0.1) is 6.54 Å². The summed E-state index contributed by atoms with van der Waals surface area (Å²) in [5, 5.41) is 15.4. The van der Waals surface area contributed by atoms with Gasteiger partial charge in [-0.25, -0.2) is 4.98 Å². The fraction of sp³-hybridized carbons (Fsp3) is 0.240. The van der Waals surface area contributed by atoms with Crippen LogP contribution in [0.2, 0.25) is 0 Å². The lowest BCUT2D eigenvalue weighted by Gasteiger charge is -2.09. The van der Waals surface area contributed by atoms with E-state index in [4.69, 9.17) is 4.74 Å². The van der Waals surface area contributed by atoms with Crippen LogP contribution in [0.5, 0.6) is 11.6 Å². The average Bonchev–Trinajstić information content (AvgIpc) is 3.30. The summed E-state index contributed by atoms with van der Waals surface area (Å²) in [7, 11) is 0. The molecular formula is C25H26N6O2. The molecule has 4 rings (SSSR count). The normalized spacial score (nSPS) is 10.7. The highest BCUT2D eigenvalue weighted by atomic mass is 16.5. The minimum atomic E-state index is -0.0332. The van der Waals surface area contributed by atoms with Gasteiger partial charge in [0.2, 0.25) is 17.6 Å². The molecule has 0 aliphatic heterocycles. The van der Waals surface area contributed by atoms with Crippen LogP contribution in [0.25, 0.3) is 11.4 Å². The number of hydrogen-bond acceptors (Lipinski definition) is 6. The Morgan fingerprint density at radius 1 is 1.06 bits per heavy atom. The first kappa shape index (κ1) is 22.1. The van der Waals surface area contributed by atoms with Crippen molar-refractivity contribution in [3.8, 4) is 23.0 Å². The average molecular weight is 443 g/mol. The van der Waals surface area contributed by atoms with Gasteiger partial charge in [-0.05, 0) is 48.2 Å². The topological polar surface area (TPSA) is 94.8 Å². The first-order valence-electron chi connectivity index (χ1n) is 10.9. The lowest BCUT2D eigenvalue weighted by atomic mass is 10.1. The van der Waals surface area contributed by atoms with Crippen LogP contribution >= 0.6 is 0 Å². The highest BCUT2D eigenvalue weighted by molar-refractivity contribution is 5.75. The van der Waals surface area contributed by atoms with Crippen molar-refractivity contribution in [2.75, 3.05) is 0 Å². The fourth-order valence-corrected chi connectivity index (χ4v) is 3.22. The monoisotopic (exact) mass is 442 g/mol. The Kier molecular flexibility index (Phi) is 7.04. The maximum atomic E-state index is 12.2. The van der Waals surface area contributed by atoms with Crippen LogP contribution in [0.15, 0.2) is 66.9 Å². The number of rotatable bonds is 9. The number of carbonyl (C=O) groups is 1. The van der Waals surface area contributed by atoms with E-state index in [9.17, 15) is 4.79 Å². The molecule has 0 fully saturated rings. The lowest BCUT2D eigenvalue weighted by Crippen LogP contribution is -2.23. The lowest BCUT2D eigenvalue weighted by molar-refractivity contribution is -0.121. The number of hydrogen-bond donors (Lipinski definition) is 1. The van der Waals surface area contributed by atoms with Crippen LogP contribution in [0.4, 0.5) is 0 Å². The summed E-state index contributed by atoms with van der Waals surface area (Å²) in [6.07, 6.45) is 2.71. The third-order valence-corrected chi connectivity index (χ3v) is 5.09. The third kappa shape index (κ3) is 6.22. The second-order valence-electron chi connectivity index (χ2n) is 7.83. The summed E-state index contributed by atoms with van der Waals surface area (Å²) in [6.45, 7) is 4.96. The molecule has 2 aromatic carbocycles. The number of ether oxygens (including phenoxy) is 1. The van der Waals surface area contributed by atoms with Gasteiger partial charge in [-0.3, -0.25) is 4.79 Å². The van der Waals surface area contributed by atoms with Crippen LogP contribution in [-0.4, -0.2) is 31.1 Å². The molecule has 0 aliphatic carbocycles. The molecule has 0 radical (unpaired) electrons. The molecule has 0 saturated heterocycles. The van der Waals surface area contributed by atoms with Crippen molar-refractivity contribution in [3.63, 3.8) is 0 Å². The summed E-state index contributed by atoms with van der Waals surface area (Å²) >= 11 is 0. The fourth-order valence-electron chi connectivity index (χ4n) is 3.22. The van der Waals surface area contributed by atoms with Gasteiger partial charge in [-0.2, -0.15) is 4.80 Å².